The van der Waals surface area contributed by atoms with Gasteiger partial charge in [-0.25, -0.2) is 4.79 Å². The Morgan fingerprint density at radius 2 is 2.45 bits per heavy atom. The molecule has 0 radical (unpaired) electrons. The van der Waals surface area contributed by atoms with Gasteiger partial charge >= 0.3 is 5.97 Å². The number of ether oxygens (including phenoxy) is 1. The number of nitrogens with two attached hydrogens (primary N) is 1. The molecular formula is C6H9N3O2. The number of esters is 1. The maximum atomic E-state index is 10.8. The van der Waals surface area contributed by atoms with Crippen LogP contribution in [0.4, 0.5) is 0 Å². The number of nitriles is 1. The third-order valence-electron chi connectivity index (χ3n) is 0.913. The van der Waals surface area contributed by atoms with E-state index in [9.17, 15) is 4.79 Å². The molecular weight excluding hydrogens is 146 g/mol. The molecule has 0 aromatic heterocycles. The van der Waals surface area contributed by atoms with Gasteiger partial charge in [-0.1, -0.05) is 0 Å². The van der Waals surface area contributed by atoms with Crippen molar-refractivity contribution in [1.29, 1.82) is 5.26 Å². The van der Waals surface area contributed by atoms with Crippen molar-refractivity contribution >= 4 is 11.7 Å². The van der Waals surface area contributed by atoms with E-state index in [1.807, 2.05) is 0 Å². The van der Waals surface area contributed by atoms with E-state index >= 15 is 0 Å². The lowest BCUT2D eigenvalue weighted by Crippen LogP contribution is -2.18. The minimum absolute atomic E-state index is 0.0469. The summed E-state index contributed by atoms with van der Waals surface area (Å²) in [6, 6.07) is 1.75. The van der Waals surface area contributed by atoms with Crippen LogP contribution in [-0.2, 0) is 9.53 Å². The van der Waals surface area contributed by atoms with E-state index in [1.165, 1.54) is 0 Å². The Bertz CT molecular complexity index is 204. The maximum absolute atomic E-state index is 10.8. The summed E-state index contributed by atoms with van der Waals surface area (Å²) in [6.07, 6.45) is -0.116. The summed E-state index contributed by atoms with van der Waals surface area (Å²) in [5, 5.41) is 11.3. The predicted octanol–water partition coefficient (Wildman–Crippen LogP) is -0.222. The smallest absolute Gasteiger partial charge is 0.355 e. The molecule has 5 nitrogen and oxygen atoms in total. The zero-order chi connectivity index (χ0) is 8.69. The van der Waals surface area contributed by atoms with Gasteiger partial charge in [0.05, 0.1) is 19.1 Å². The number of carbonyl (C=O) groups excluding carboxylic acids is 1. The van der Waals surface area contributed by atoms with Gasteiger partial charge in [0.15, 0.2) is 5.71 Å². The van der Waals surface area contributed by atoms with Crippen LogP contribution in [-0.4, -0.2) is 18.3 Å². The van der Waals surface area contributed by atoms with Crippen LogP contribution in [0.15, 0.2) is 5.10 Å². The zero-order valence-corrected chi connectivity index (χ0v) is 6.20. The van der Waals surface area contributed by atoms with Crippen molar-refractivity contribution in [1.82, 2.24) is 0 Å². The molecule has 0 spiro atoms. The van der Waals surface area contributed by atoms with Crippen LogP contribution >= 0.6 is 0 Å². The van der Waals surface area contributed by atoms with Gasteiger partial charge in [-0.2, -0.15) is 10.4 Å². The van der Waals surface area contributed by atoms with E-state index in [-0.39, 0.29) is 18.7 Å². The average Bonchev–Trinajstić information content (AvgIpc) is 2.00. The van der Waals surface area contributed by atoms with Crippen molar-refractivity contribution in [2.24, 2.45) is 10.9 Å². The van der Waals surface area contributed by atoms with E-state index in [0.717, 1.165) is 0 Å². The molecule has 0 unspecified atom stereocenters. The molecule has 60 valence electrons. The third kappa shape index (κ3) is 3.20. The fourth-order valence-corrected chi connectivity index (χ4v) is 0.460. The quantitative estimate of drug-likeness (QED) is 0.264. The predicted molar refractivity (Wildman–Crippen MR) is 38.5 cm³/mol. The average molecular weight is 155 g/mol. The highest BCUT2D eigenvalue weighted by Crippen LogP contribution is 1.88. The van der Waals surface area contributed by atoms with Gasteiger partial charge < -0.3 is 10.6 Å². The molecule has 0 amide bonds. The van der Waals surface area contributed by atoms with Gasteiger partial charge in [0.1, 0.15) is 0 Å². The topological polar surface area (TPSA) is 88.5 Å². The van der Waals surface area contributed by atoms with Crippen LogP contribution in [0.3, 0.4) is 0 Å². The maximum Gasteiger partial charge on any atom is 0.355 e. The summed E-state index contributed by atoms with van der Waals surface area (Å²) in [5.41, 5.74) is -0.0469. The van der Waals surface area contributed by atoms with Crippen molar-refractivity contribution in [2.75, 3.05) is 6.61 Å². The Kier molecular flexibility index (Phi) is 4.49. The fourth-order valence-electron chi connectivity index (χ4n) is 0.460. The minimum Gasteiger partial charge on any atom is -0.461 e. The minimum atomic E-state index is -0.628. The number of nitrogens with zero attached hydrogens (tertiary/aromatic N) is 2. The van der Waals surface area contributed by atoms with Gasteiger partial charge in [-0.15, -0.1) is 0 Å². The molecule has 0 atom stereocenters. The third-order valence-corrected chi connectivity index (χ3v) is 0.913. The Morgan fingerprint density at radius 3 is 2.82 bits per heavy atom. The molecule has 0 aromatic rings. The number of hydrogen-bond donors (Lipinski definition) is 1. The van der Waals surface area contributed by atoms with E-state index < -0.39 is 5.97 Å². The Balaban J connectivity index is 4.07. The molecule has 0 aliphatic rings. The summed E-state index contributed by atoms with van der Waals surface area (Å²) in [5.74, 6) is 4.20. The number of carbonyl (C=O) groups is 1. The molecule has 0 aliphatic heterocycles. The van der Waals surface area contributed by atoms with Crippen LogP contribution in [0, 0.1) is 11.3 Å². The molecule has 0 fully saturated rings. The Hall–Kier alpha value is -1.57. The summed E-state index contributed by atoms with van der Waals surface area (Å²) in [7, 11) is 0. The van der Waals surface area contributed by atoms with Gasteiger partial charge in [0.25, 0.3) is 0 Å². The van der Waals surface area contributed by atoms with Crippen LogP contribution in [0.1, 0.15) is 13.3 Å². The number of hydrazone groups is 1. The van der Waals surface area contributed by atoms with Gasteiger partial charge in [-0.3, -0.25) is 0 Å². The fraction of sp³-hybridized carbons (Fsp3) is 0.500. The zero-order valence-electron chi connectivity index (χ0n) is 6.20. The van der Waals surface area contributed by atoms with Gasteiger partial charge in [-0.05, 0) is 6.92 Å². The molecule has 2 N–H and O–H groups in total. The second-order valence-electron chi connectivity index (χ2n) is 1.63. The van der Waals surface area contributed by atoms with Gasteiger partial charge in [0.2, 0.25) is 0 Å². The number of hydrogen-bond acceptors (Lipinski definition) is 5. The SMILES string of the molecule is CCOC(=O)C(CC#N)=NN. The molecule has 0 aromatic carbocycles. The van der Waals surface area contributed by atoms with Crippen LogP contribution in [0.25, 0.3) is 0 Å². The lowest BCUT2D eigenvalue weighted by Gasteiger charge is -1.99. The van der Waals surface area contributed by atoms with Crippen molar-refractivity contribution in [3.63, 3.8) is 0 Å². The molecule has 0 saturated carbocycles. The summed E-state index contributed by atoms with van der Waals surface area (Å²) in [6.45, 7) is 1.92. The highest BCUT2D eigenvalue weighted by molar-refractivity contribution is 6.36. The largest absolute Gasteiger partial charge is 0.461 e. The van der Waals surface area contributed by atoms with Crippen LogP contribution in [0.5, 0.6) is 0 Å². The summed E-state index contributed by atoms with van der Waals surface area (Å²) < 4.78 is 4.55. The van der Waals surface area contributed by atoms with E-state index in [1.54, 1.807) is 13.0 Å². The molecule has 11 heavy (non-hydrogen) atoms. The normalized spacial score (nSPS) is 10.4. The van der Waals surface area contributed by atoms with Gasteiger partial charge in [0, 0.05) is 0 Å². The monoisotopic (exact) mass is 155 g/mol. The second kappa shape index (κ2) is 5.23. The first-order valence-corrected chi connectivity index (χ1v) is 3.07. The highest BCUT2D eigenvalue weighted by Gasteiger charge is 2.10. The first-order valence-electron chi connectivity index (χ1n) is 3.07. The van der Waals surface area contributed by atoms with Crippen LogP contribution in [0.2, 0.25) is 0 Å². The second-order valence-corrected chi connectivity index (χ2v) is 1.63. The van der Waals surface area contributed by atoms with E-state index in [0.29, 0.717) is 0 Å². The first-order chi connectivity index (χ1) is 5.26. The van der Waals surface area contributed by atoms with Crippen molar-refractivity contribution in [2.45, 2.75) is 13.3 Å². The van der Waals surface area contributed by atoms with Crippen molar-refractivity contribution in [3.8, 4) is 6.07 Å². The number of rotatable bonds is 3. The van der Waals surface area contributed by atoms with Crippen molar-refractivity contribution < 1.29 is 9.53 Å². The lowest BCUT2D eigenvalue weighted by atomic mass is 10.3. The van der Waals surface area contributed by atoms with E-state index in [2.05, 4.69) is 9.84 Å². The summed E-state index contributed by atoms with van der Waals surface area (Å²) >= 11 is 0. The molecule has 0 aliphatic carbocycles. The molecule has 0 bridgehead atoms. The Morgan fingerprint density at radius 1 is 1.82 bits per heavy atom. The highest BCUT2D eigenvalue weighted by atomic mass is 16.5. The van der Waals surface area contributed by atoms with Crippen LogP contribution < -0.4 is 5.84 Å². The lowest BCUT2D eigenvalue weighted by molar-refractivity contribution is -0.135. The molecule has 0 saturated heterocycles. The molecule has 0 rings (SSSR count). The van der Waals surface area contributed by atoms with E-state index in [4.69, 9.17) is 11.1 Å². The molecule has 5 heteroatoms. The first kappa shape index (κ1) is 9.43. The molecule has 0 heterocycles. The summed E-state index contributed by atoms with van der Waals surface area (Å²) in [4.78, 5) is 10.8. The standard InChI is InChI=1S/C6H9N3O2/c1-2-11-6(10)5(9-8)3-4-7/h2-3,8H2,1H3. The Labute approximate surface area is 64.4 Å². The van der Waals surface area contributed by atoms with Crippen molar-refractivity contribution in [3.05, 3.63) is 0 Å².